The van der Waals surface area contributed by atoms with E-state index in [-0.39, 0.29) is 28.5 Å². The van der Waals surface area contributed by atoms with Crippen LogP contribution in [0.4, 0.5) is 0 Å². The minimum atomic E-state index is -0.782. The number of carbonyl (C=O) groups is 2. The maximum Gasteiger partial charge on any atom is 0.295 e. The number of ether oxygens (including phenoxy) is 2. The van der Waals surface area contributed by atoms with Gasteiger partial charge in [-0.2, -0.15) is 0 Å². The van der Waals surface area contributed by atoms with E-state index in [0.717, 1.165) is 11.3 Å². The molecule has 0 spiro atoms. The van der Waals surface area contributed by atoms with Crippen LogP contribution < -0.4 is 9.47 Å². The van der Waals surface area contributed by atoms with E-state index >= 15 is 0 Å². The van der Waals surface area contributed by atoms with Crippen molar-refractivity contribution in [2.45, 2.75) is 19.5 Å². The highest BCUT2D eigenvalue weighted by atomic mass is 35.5. The molecule has 1 unspecified atom stereocenters. The van der Waals surface area contributed by atoms with E-state index in [1.165, 1.54) is 12.0 Å². The summed E-state index contributed by atoms with van der Waals surface area (Å²) in [5.74, 6) is -0.615. The second-order valence-electron chi connectivity index (χ2n) is 7.76. The second-order valence-corrected chi connectivity index (χ2v) is 8.17. The topological polar surface area (TPSA) is 76.1 Å². The lowest BCUT2D eigenvalue weighted by atomic mass is 9.95. The van der Waals surface area contributed by atoms with Gasteiger partial charge in [0.2, 0.25) is 0 Å². The first kappa shape index (κ1) is 23.4. The van der Waals surface area contributed by atoms with Crippen LogP contribution in [0.3, 0.4) is 0 Å². The first-order chi connectivity index (χ1) is 16.4. The van der Waals surface area contributed by atoms with Gasteiger partial charge in [0.15, 0.2) is 0 Å². The fraction of sp³-hybridized carbons (Fsp3) is 0.185. The molecule has 1 fully saturated rings. The van der Waals surface area contributed by atoms with Gasteiger partial charge in [0.25, 0.3) is 11.7 Å². The van der Waals surface area contributed by atoms with Gasteiger partial charge in [-0.1, -0.05) is 54.1 Å². The smallest absolute Gasteiger partial charge is 0.295 e. The molecule has 4 rings (SSSR count). The number of rotatable bonds is 7. The molecule has 7 heteroatoms. The normalized spacial score (nSPS) is 17.1. The average molecular weight is 478 g/mol. The molecule has 1 saturated heterocycles. The monoisotopic (exact) mass is 477 g/mol. The summed E-state index contributed by atoms with van der Waals surface area (Å²) < 4.78 is 10.7. The molecule has 3 aromatic rings. The van der Waals surface area contributed by atoms with Crippen molar-refractivity contribution in [2.24, 2.45) is 0 Å². The van der Waals surface area contributed by atoms with Gasteiger partial charge < -0.3 is 19.5 Å². The molecule has 1 heterocycles. The van der Waals surface area contributed by atoms with Crippen LogP contribution in [0, 0.1) is 0 Å². The number of benzene rings is 3. The number of likely N-dealkylation sites (tertiary alicyclic amines) is 1. The van der Waals surface area contributed by atoms with Gasteiger partial charge in [-0.05, 0) is 48.4 Å². The summed E-state index contributed by atoms with van der Waals surface area (Å²) in [7, 11) is 1.49. The van der Waals surface area contributed by atoms with Crippen molar-refractivity contribution in [3.05, 3.63) is 100 Å². The zero-order valence-electron chi connectivity index (χ0n) is 18.8. The summed E-state index contributed by atoms with van der Waals surface area (Å²) in [5.41, 5.74) is 1.73. The van der Waals surface area contributed by atoms with Crippen LogP contribution in [0.5, 0.6) is 11.5 Å². The molecule has 1 aliphatic heterocycles. The molecule has 1 atom stereocenters. The number of aliphatic hydroxyl groups is 1. The predicted octanol–water partition coefficient (Wildman–Crippen LogP) is 5.37. The molecule has 0 aliphatic carbocycles. The average Bonchev–Trinajstić information content (AvgIpc) is 3.11. The highest BCUT2D eigenvalue weighted by molar-refractivity contribution is 6.47. The van der Waals surface area contributed by atoms with Gasteiger partial charge in [-0.25, -0.2) is 0 Å². The Balaban J connectivity index is 1.81. The van der Waals surface area contributed by atoms with E-state index in [9.17, 15) is 14.7 Å². The van der Waals surface area contributed by atoms with E-state index in [4.69, 9.17) is 21.1 Å². The lowest BCUT2D eigenvalue weighted by Gasteiger charge is -2.25. The first-order valence-electron chi connectivity index (χ1n) is 10.8. The van der Waals surface area contributed by atoms with Gasteiger partial charge in [0, 0.05) is 12.1 Å². The van der Waals surface area contributed by atoms with Crippen LogP contribution in [-0.2, 0) is 16.1 Å². The number of halogens is 1. The largest absolute Gasteiger partial charge is 0.507 e. The highest BCUT2D eigenvalue weighted by Crippen LogP contribution is 2.41. The van der Waals surface area contributed by atoms with E-state index in [1.54, 1.807) is 18.2 Å². The van der Waals surface area contributed by atoms with Crippen molar-refractivity contribution in [1.82, 2.24) is 4.90 Å². The Labute approximate surface area is 203 Å². The summed E-state index contributed by atoms with van der Waals surface area (Å²) in [4.78, 5) is 27.8. The summed E-state index contributed by atoms with van der Waals surface area (Å²) in [6.07, 6.45) is 0. The molecule has 174 valence electrons. The standard InChI is InChI=1S/C27H24ClNO5/c1-3-34-19-11-9-17(10-12-19)16-29-24(18-7-5-4-6-8-18)23(26(31)27(29)32)25(30)21-15-20(33-2)13-14-22(21)28/h4-15,24,30H,3,16H2,1-2H3/b25-23+. The van der Waals surface area contributed by atoms with Crippen molar-refractivity contribution in [1.29, 1.82) is 0 Å². The van der Waals surface area contributed by atoms with E-state index in [2.05, 4.69) is 0 Å². The number of aliphatic hydroxyl groups excluding tert-OH is 1. The molecule has 0 radical (unpaired) electrons. The van der Waals surface area contributed by atoms with Crippen molar-refractivity contribution < 1.29 is 24.2 Å². The van der Waals surface area contributed by atoms with E-state index in [1.807, 2.05) is 61.5 Å². The number of nitrogens with zero attached hydrogens (tertiary/aromatic N) is 1. The van der Waals surface area contributed by atoms with Gasteiger partial charge in [-0.3, -0.25) is 9.59 Å². The lowest BCUT2D eigenvalue weighted by molar-refractivity contribution is -0.140. The summed E-state index contributed by atoms with van der Waals surface area (Å²) in [6.45, 7) is 2.63. The Morgan fingerprint density at radius 2 is 1.68 bits per heavy atom. The maximum atomic E-state index is 13.2. The molecule has 0 bridgehead atoms. The van der Waals surface area contributed by atoms with Gasteiger partial charge in [-0.15, -0.1) is 0 Å². The van der Waals surface area contributed by atoms with Gasteiger partial charge in [0.05, 0.1) is 30.4 Å². The van der Waals surface area contributed by atoms with Crippen molar-refractivity contribution in [3.8, 4) is 11.5 Å². The number of hydrogen-bond acceptors (Lipinski definition) is 5. The van der Waals surface area contributed by atoms with E-state index < -0.39 is 17.7 Å². The fourth-order valence-corrected chi connectivity index (χ4v) is 4.24. The third-order valence-corrected chi connectivity index (χ3v) is 6.00. The molecule has 1 aliphatic rings. The third kappa shape index (κ3) is 4.50. The first-order valence-corrected chi connectivity index (χ1v) is 11.2. The molecule has 0 saturated carbocycles. The third-order valence-electron chi connectivity index (χ3n) is 5.67. The molecule has 0 aromatic heterocycles. The number of Topliss-reactive ketones (excluding diaryl/α,β-unsaturated/α-hetero) is 1. The predicted molar refractivity (Wildman–Crippen MR) is 130 cm³/mol. The van der Waals surface area contributed by atoms with Crippen LogP contribution in [-0.4, -0.2) is 35.4 Å². The van der Waals surface area contributed by atoms with Crippen molar-refractivity contribution in [2.75, 3.05) is 13.7 Å². The highest BCUT2D eigenvalue weighted by Gasteiger charge is 2.46. The van der Waals surface area contributed by atoms with Crippen molar-refractivity contribution in [3.63, 3.8) is 0 Å². The fourth-order valence-electron chi connectivity index (χ4n) is 4.04. The number of hydrogen-bond donors (Lipinski definition) is 1. The Hall–Kier alpha value is -3.77. The Morgan fingerprint density at radius 3 is 2.32 bits per heavy atom. The van der Waals surface area contributed by atoms with Crippen molar-refractivity contribution >= 4 is 29.1 Å². The van der Waals surface area contributed by atoms with Crippen LogP contribution in [0.1, 0.15) is 29.7 Å². The zero-order valence-corrected chi connectivity index (χ0v) is 19.6. The Morgan fingerprint density at radius 1 is 1.00 bits per heavy atom. The van der Waals surface area contributed by atoms with Crippen LogP contribution in [0.2, 0.25) is 5.02 Å². The van der Waals surface area contributed by atoms with E-state index in [0.29, 0.717) is 17.9 Å². The molecule has 34 heavy (non-hydrogen) atoms. The second kappa shape index (κ2) is 10.0. The molecular formula is C27H24ClNO5. The summed E-state index contributed by atoms with van der Waals surface area (Å²) in [6, 6.07) is 20.5. The van der Waals surface area contributed by atoms with Crippen LogP contribution in [0.15, 0.2) is 78.4 Å². The minimum absolute atomic E-state index is 0.0164. The number of amides is 1. The Kier molecular flexibility index (Phi) is 6.89. The SMILES string of the molecule is CCOc1ccc(CN2C(=O)C(=O)/C(=C(/O)c3cc(OC)ccc3Cl)C2c2ccccc2)cc1. The van der Waals surface area contributed by atoms with Gasteiger partial charge in [0.1, 0.15) is 17.3 Å². The number of ketones is 1. The lowest BCUT2D eigenvalue weighted by Crippen LogP contribution is -2.29. The molecule has 1 amide bonds. The minimum Gasteiger partial charge on any atom is -0.507 e. The molecule has 3 aromatic carbocycles. The van der Waals surface area contributed by atoms with Gasteiger partial charge >= 0.3 is 0 Å². The zero-order chi connectivity index (χ0) is 24.2. The summed E-state index contributed by atoms with van der Waals surface area (Å²) >= 11 is 6.34. The quantitative estimate of drug-likeness (QED) is 0.281. The molecule has 6 nitrogen and oxygen atoms in total. The summed E-state index contributed by atoms with van der Waals surface area (Å²) in [5, 5.41) is 11.5. The van der Waals surface area contributed by atoms with Crippen LogP contribution >= 0.6 is 11.6 Å². The Bertz CT molecular complexity index is 1240. The molecule has 1 N–H and O–H groups in total. The number of methoxy groups -OCH3 is 1. The maximum absolute atomic E-state index is 13.2. The van der Waals surface area contributed by atoms with Crippen LogP contribution in [0.25, 0.3) is 5.76 Å². The number of carbonyl (C=O) groups excluding carboxylic acids is 2. The molecular weight excluding hydrogens is 454 g/mol.